The molecule has 0 saturated heterocycles. The monoisotopic (exact) mass is 255 g/mol. The molecule has 0 spiro atoms. The second-order valence-electron chi connectivity index (χ2n) is 5.43. The maximum absolute atomic E-state index is 12.1. The summed E-state index contributed by atoms with van der Waals surface area (Å²) in [6, 6.07) is 10.1. The van der Waals surface area contributed by atoms with E-state index in [1.165, 1.54) is 0 Å². The minimum Gasteiger partial charge on any atom is -0.310 e. The lowest BCUT2D eigenvalue weighted by atomic mass is 9.83. The Morgan fingerprint density at radius 3 is 2.63 bits per heavy atom. The van der Waals surface area contributed by atoms with Crippen LogP contribution in [0.1, 0.15) is 36.5 Å². The van der Waals surface area contributed by atoms with E-state index in [0.29, 0.717) is 13.1 Å². The maximum atomic E-state index is 12.1. The van der Waals surface area contributed by atoms with Gasteiger partial charge in [0.2, 0.25) is 0 Å². The first-order chi connectivity index (χ1) is 9.09. The number of aromatic nitrogens is 2. The third-order valence-electron chi connectivity index (χ3n) is 3.78. The van der Waals surface area contributed by atoms with Crippen LogP contribution in [0.4, 0.5) is 0 Å². The highest BCUT2D eigenvalue weighted by Gasteiger charge is 2.28. The van der Waals surface area contributed by atoms with Crippen LogP contribution in [0.2, 0.25) is 0 Å². The van der Waals surface area contributed by atoms with Gasteiger partial charge in [-0.3, -0.25) is 4.79 Å². The molecule has 0 amide bonds. The lowest BCUT2D eigenvalue weighted by molar-refractivity contribution is 0.582. The predicted molar refractivity (Wildman–Crippen MR) is 74.0 cm³/mol. The Balaban J connectivity index is 2.12. The quantitative estimate of drug-likeness (QED) is 0.858. The highest BCUT2D eigenvalue weighted by atomic mass is 16.1. The van der Waals surface area contributed by atoms with E-state index in [4.69, 9.17) is 0 Å². The first-order valence-corrected chi connectivity index (χ1v) is 6.48. The van der Waals surface area contributed by atoms with Crippen molar-refractivity contribution in [2.45, 2.75) is 32.4 Å². The van der Waals surface area contributed by atoms with Crippen molar-refractivity contribution in [2.24, 2.45) is 0 Å². The second kappa shape index (κ2) is 4.31. The fourth-order valence-electron chi connectivity index (χ4n) is 2.47. The number of fused-ring (bicyclic) bond motifs is 1. The Labute approximate surface area is 111 Å². The van der Waals surface area contributed by atoms with Crippen LogP contribution in [0, 0.1) is 0 Å². The minimum absolute atomic E-state index is 0.0194. The molecular formula is C15H17N3O. The number of hydrogen-bond donors (Lipinski definition) is 2. The molecular weight excluding hydrogens is 238 g/mol. The van der Waals surface area contributed by atoms with Gasteiger partial charge in [0.05, 0.1) is 11.3 Å². The van der Waals surface area contributed by atoms with Crippen molar-refractivity contribution in [2.75, 3.05) is 0 Å². The van der Waals surface area contributed by atoms with Crippen molar-refractivity contribution in [3.63, 3.8) is 0 Å². The molecule has 98 valence electrons. The van der Waals surface area contributed by atoms with E-state index < -0.39 is 0 Å². The SMILES string of the molecule is CC(C)(c1ccccc1)c1nc2c(c(=O)[nH]1)CNC2. The predicted octanol–water partition coefficient (Wildman–Crippen LogP) is 1.70. The van der Waals surface area contributed by atoms with Gasteiger partial charge in [-0.1, -0.05) is 30.3 Å². The number of nitrogens with zero attached hydrogens (tertiary/aromatic N) is 1. The van der Waals surface area contributed by atoms with Crippen LogP contribution in [-0.4, -0.2) is 9.97 Å². The summed E-state index contributed by atoms with van der Waals surface area (Å²) in [6.07, 6.45) is 0. The number of rotatable bonds is 2. The maximum Gasteiger partial charge on any atom is 0.255 e. The van der Waals surface area contributed by atoms with E-state index in [1.54, 1.807) is 0 Å². The van der Waals surface area contributed by atoms with E-state index in [-0.39, 0.29) is 11.0 Å². The van der Waals surface area contributed by atoms with Crippen LogP contribution in [-0.2, 0) is 18.5 Å². The Bertz CT molecular complexity index is 659. The van der Waals surface area contributed by atoms with E-state index in [2.05, 4.69) is 41.3 Å². The zero-order valence-corrected chi connectivity index (χ0v) is 11.2. The van der Waals surface area contributed by atoms with Crippen LogP contribution in [0.3, 0.4) is 0 Å². The molecule has 2 N–H and O–H groups in total. The summed E-state index contributed by atoms with van der Waals surface area (Å²) < 4.78 is 0. The largest absolute Gasteiger partial charge is 0.310 e. The summed E-state index contributed by atoms with van der Waals surface area (Å²) in [7, 11) is 0. The Morgan fingerprint density at radius 2 is 1.89 bits per heavy atom. The summed E-state index contributed by atoms with van der Waals surface area (Å²) in [6.45, 7) is 5.45. The molecule has 1 aliphatic rings. The highest BCUT2D eigenvalue weighted by molar-refractivity contribution is 5.32. The molecule has 4 heteroatoms. The molecule has 0 aliphatic carbocycles. The molecule has 1 aliphatic heterocycles. The molecule has 19 heavy (non-hydrogen) atoms. The van der Waals surface area contributed by atoms with Crippen LogP contribution >= 0.6 is 0 Å². The topological polar surface area (TPSA) is 57.8 Å². The molecule has 0 saturated carbocycles. The van der Waals surface area contributed by atoms with Crippen molar-refractivity contribution in [1.82, 2.24) is 15.3 Å². The molecule has 4 nitrogen and oxygen atoms in total. The zero-order valence-electron chi connectivity index (χ0n) is 11.2. The fraction of sp³-hybridized carbons (Fsp3) is 0.333. The average Bonchev–Trinajstić information content (AvgIpc) is 2.88. The van der Waals surface area contributed by atoms with Crippen molar-refractivity contribution >= 4 is 0 Å². The van der Waals surface area contributed by atoms with Gasteiger partial charge < -0.3 is 10.3 Å². The molecule has 3 rings (SSSR count). The molecule has 1 aromatic carbocycles. The van der Waals surface area contributed by atoms with Gasteiger partial charge in [-0.2, -0.15) is 0 Å². The Hall–Kier alpha value is -1.94. The summed E-state index contributed by atoms with van der Waals surface area (Å²) in [5, 5.41) is 3.16. The van der Waals surface area contributed by atoms with E-state index in [9.17, 15) is 4.79 Å². The van der Waals surface area contributed by atoms with E-state index in [1.807, 2.05) is 18.2 Å². The molecule has 0 unspecified atom stereocenters. The summed E-state index contributed by atoms with van der Waals surface area (Å²) in [4.78, 5) is 19.7. The normalized spacial score (nSPS) is 14.4. The number of aromatic amines is 1. The van der Waals surface area contributed by atoms with Crippen molar-refractivity contribution in [3.8, 4) is 0 Å². The van der Waals surface area contributed by atoms with Gasteiger partial charge >= 0.3 is 0 Å². The van der Waals surface area contributed by atoms with Gasteiger partial charge in [0, 0.05) is 18.5 Å². The van der Waals surface area contributed by atoms with Crippen molar-refractivity contribution in [1.29, 1.82) is 0 Å². The highest BCUT2D eigenvalue weighted by Crippen LogP contribution is 2.28. The van der Waals surface area contributed by atoms with E-state index >= 15 is 0 Å². The van der Waals surface area contributed by atoms with Crippen LogP contribution < -0.4 is 10.9 Å². The summed E-state index contributed by atoms with van der Waals surface area (Å²) in [5.41, 5.74) is 2.46. The first-order valence-electron chi connectivity index (χ1n) is 6.48. The van der Waals surface area contributed by atoms with Crippen molar-refractivity contribution < 1.29 is 0 Å². The zero-order chi connectivity index (χ0) is 13.5. The number of nitrogens with one attached hydrogen (secondary N) is 2. The van der Waals surface area contributed by atoms with Gasteiger partial charge in [0.1, 0.15) is 5.82 Å². The lowest BCUT2D eigenvalue weighted by Gasteiger charge is -2.24. The molecule has 0 fully saturated rings. The minimum atomic E-state index is -0.308. The lowest BCUT2D eigenvalue weighted by Crippen LogP contribution is -2.28. The smallest absolute Gasteiger partial charge is 0.255 e. The standard InChI is InChI=1S/C15H17N3O/c1-15(2,10-6-4-3-5-7-10)14-17-12-9-16-8-11(12)13(19)18-14/h3-7,16H,8-9H2,1-2H3,(H,17,18,19). The summed E-state index contributed by atoms with van der Waals surface area (Å²) >= 11 is 0. The third-order valence-corrected chi connectivity index (χ3v) is 3.78. The number of H-pyrrole nitrogens is 1. The number of hydrogen-bond acceptors (Lipinski definition) is 3. The molecule has 2 aromatic rings. The number of benzene rings is 1. The Kier molecular flexibility index (Phi) is 2.75. The van der Waals surface area contributed by atoms with Gasteiger partial charge in [0.15, 0.2) is 0 Å². The molecule has 2 heterocycles. The van der Waals surface area contributed by atoms with Crippen molar-refractivity contribution in [3.05, 3.63) is 63.3 Å². The fourth-order valence-corrected chi connectivity index (χ4v) is 2.47. The Morgan fingerprint density at radius 1 is 1.16 bits per heavy atom. The molecule has 0 radical (unpaired) electrons. The van der Waals surface area contributed by atoms with Gasteiger partial charge in [0.25, 0.3) is 5.56 Å². The van der Waals surface area contributed by atoms with E-state index in [0.717, 1.165) is 22.6 Å². The average molecular weight is 255 g/mol. The molecule has 1 aromatic heterocycles. The van der Waals surface area contributed by atoms with Gasteiger partial charge in [-0.25, -0.2) is 4.98 Å². The second-order valence-corrected chi connectivity index (χ2v) is 5.43. The van der Waals surface area contributed by atoms with Crippen LogP contribution in [0.25, 0.3) is 0 Å². The molecule has 0 atom stereocenters. The van der Waals surface area contributed by atoms with Crippen LogP contribution in [0.5, 0.6) is 0 Å². The van der Waals surface area contributed by atoms with Gasteiger partial charge in [-0.05, 0) is 19.4 Å². The van der Waals surface area contributed by atoms with Crippen LogP contribution in [0.15, 0.2) is 35.1 Å². The molecule has 0 bridgehead atoms. The first kappa shape index (κ1) is 12.1. The summed E-state index contributed by atoms with van der Waals surface area (Å²) in [5.74, 6) is 0.728. The third kappa shape index (κ3) is 1.98. The van der Waals surface area contributed by atoms with Gasteiger partial charge in [-0.15, -0.1) is 0 Å².